The highest BCUT2D eigenvalue weighted by Gasteiger charge is 2.35. The zero-order chi connectivity index (χ0) is 41.2. The van der Waals surface area contributed by atoms with Gasteiger partial charge in [0, 0.05) is 70.2 Å². The summed E-state index contributed by atoms with van der Waals surface area (Å²) in [4.78, 5) is 27.3. The van der Waals surface area contributed by atoms with Gasteiger partial charge in [0.05, 0.1) is 28.0 Å². The normalized spacial score (nSPS) is 17.6. The van der Waals surface area contributed by atoms with Crippen molar-refractivity contribution >= 4 is 62.1 Å². The second kappa shape index (κ2) is 16.9. The fourth-order valence-electron chi connectivity index (χ4n) is 7.26. The minimum atomic E-state index is -3.61. The van der Waals surface area contributed by atoms with Gasteiger partial charge >= 0.3 is 0 Å². The van der Waals surface area contributed by atoms with Crippen molar-refractivity contribution in [3.63, 3.8) is 0 Å². The van der Waals surface area contributed by atoms with Crippen molar-refractivity contribution in [3.8, 4) is 11.3 Å². The summed E-state index contributed by atoms with van der Waals surface area (Å²) in [5.74, 6) is 0.696. The molecule has 2 saturated heterocycles. The average molecular weight is 834 g/mol. The summed E-state index contributed by atoms with van der Waals surface area (Å²) in [6, 6.07) is 18.4. The van der Waals surface area contributed by atoms with Crippen LogP contribution >= 0.6 is 0 Å². The fourth-order valence-corrected chi connectivity index (χ4v) is 10.3. The molecular weight excluding hydrogens is 779 g/mol. The number of sulfone groups is 1. The first-order valence-electron chi connectivity index (χ1n) is 19.3. The van der Waals surface area contributed by atoms with Gasteiger partial charge in [-0.1, -0.05) is 56.6 Å². The molecular formula is C41H55N7O6S2Si. The van der Waals surface area contributed by atoms with E-state index >= 15 is 0 Å². The van der Waals surface area contributed by atoms with Crippen molar-refractivity contribution in [3.05, 3.63) is 91.1 Å². The van der Waals surface area contributed by atoms with Crippen molar-refractivity contribution < 1.29 is 26.4 Å². The van der Waals surface area contributed by atoms with Crippen LogP contribution < -0.4 is 15.1 Å². The number of fused-ring (bicyclic) bond motifs is 1. The van der Waals surface area contributed by atoms with Crippen LogP contribution in [0.25, 0.3) is 22.3 Å². The van der Waals surface area contributed by atoms with E-state index in [0.717, 1.165) is 39.3 Å². The first-order chi connectivity index (χ1) is 26.9. The van der Waals surface area contributed by atoms with Crippen LogP contribution in [0, 0.1) is 0 Å². The average Bonchev–Trinajstić information content (AvgIpc) is 3.81. The number of carbonyl (C=O) groups excluding carboxylic acids is 1. The van der Waals surface area contributed by atoms with Crippen LogP contribution in [0.4, 0.5) is 17.2 Å². The van der Waals surface area contributed by atoms with Gasteiger partial charge in [-0.2, -0.15) is 4.31 Å². The Morgan fingerprint density at radius 2 is 1.75 bits per heavy atom. The van der Waals surface area contributed by atoms with Crippen molar-refractivity contribution in [2.75, 3.05) is 66.0 Å². The third kappa shape index (κ3) is 9.69. The molecule has 2 aliphatic rings. The Morgan fingerprint density at radius 3 is 2.42 bits per heavy atom. The second-order valence-corrected chi connectivity index (χ2v) is 26.3. The molecule has 16 heteroatoms. The van der Waals surface area contributed by atoms with Gasteiger partial charge in [-0.3, -0.25) is 4.79 Å². The van der Waals surface area contributed by atoms with Gasteiger partial charge in [-0.15, -0.1) is 6.58 Å². The maximum absolute atomic E-state index is 13.9. The highest BCUT2D eigenvalue weighted by molar-refractivity contribution is 7.92. The molecule has 57 heavy (non-hydrogen) atoms. The Bertz CT molecular complexity index is 2330. The van der Waals surface area contributed by atoms with Gasteiger partial charge in [0.2, 0.25) is 15.9 Å². The van der Waals surface area contributed by atoms with E-state index in [9.17, 15) is 21.6 Å². The molecule has 2 aromatic carbocycles. The van der Waals surface area contributed by atoms with E-state index in [0.29, 0.717) is 63.1 Å². The molecule has 0 saturated carbocycles. The molecule has 1 atom stereocenters. The van der Waals surface area contributed by atoms with Gasteiger partial charge in [0.1, 0.15) is 24.5 Å². The smallest absolute Gasteiger partial charge is 0.236 e. The molecule has 2 fully saturated rings. The van der Waals surface area contributed by atoms with E-state index in [1.165, 1.54) is 10.6 Å². The molecule has 6 rings (SSSR count). The van der Waals surface area contributed by atoms with Crippen molar-refractivity contribution in [2.24, 2.45) is 0 Å². The number of nitrogens with one attached hydrogen (secondary N) is 1. The molecule has 4 heterocycles. The van der Waals surface area contributed by atoms with Crippen molar-refractivity contribution in [1.82, 2.24) is 18.8 Å². The highest BCUT2D eigenvalue weighted by atomic mass is 32.2. The predicted molar refractivity (Wildman–Crippen MR) is 233 cm³/mol. The summed E-state index contributed by atoms with van der Waals surface area (Å²) >= 11 is 0. The predicted octanol–water partition coefficient (Wildman–Crippen LogP) is 6.10. The molecule has 0 aliphatic carbocycles. The Hall–Kier alpha value is -4.35. The van der Waals surface area contributed by atoms with Gasteiger partial charge < -0.3 is 24.4 Å². The Labute approximate surface area is 338 Å². The molecule has 306 valence electrons. The molecule has 0 radical (unpaired) electrons. The number of nitrogens with zero attached hydrogens (tertiary/aromatic N) is 6. The Morgan fingerprint density at radius 1 is 1.04 bits per heavy atom. The number of carbonyl (C=O) groups is 1. The number of sulfonamides is 1. The summed E-state index contributed by atoms with van der Waals surface area (Å²) in [6.07, 6.45) is 3.78. The topological polar surface area (TPSA) is 147 Å². The largest absolute Gasteiger partial charge is 0.370 e. The lowest BCUT2D eigenvalue weighted by molar-refractivity contribution is -0.120. The van der Waals surface area contributed by atoms with Crippen LogP contribution in [-0.4, -0.2) is 107 Å². The summed E-state index contributed by atoms with van der Waals surface area (Å²) in [5, 5.41) is 4.92. The zero-order valence-electron chi connectivity index (χ0n) is 33.6. The maximum Gasteiger partial charge on any atom is 0.236 e. The number of ether oxygens (including phenoxy) is 1. The number of rotatable bonds is 16. The van der Waals surface area contributed by atoms with Gasteiger partial charge in [-0.25, -0.2) is 26.8 Å². The second-order valence-electron chi connectivity index (χ2n) is 16.5. The molecule has 0 unspecified atom stereocenters. The van der Waals surface area contributed by atoms with Gasteiger partial charge in [0.15, 0.2) is 9.84 Å². The zero-order valence-corrected chi connectivity index (χ0v) is 36.3. The summed E-state index contributed by atoms with van der Waals surface area (Å²) < 4.78 is 59.5. The number of aromatic nitrogens is 3. The SMILES string of the molecule is C=CCN([C@H]1CCN(c2cccc(C(C)(C)C(=O)Nc3ccc(-c4cc5c(N6CCS(=O)(=O)CC6)ncnc5n4COCC[Si](C)(C)C)cc3)c2)C1)S(=O)(=O)C=C. The molecule has 2 aromatic heterocycles. The lowest BCUT2D eigenvalue weighted by Crippen LogP contribution is -2.41. The third-order valence-corrected chi connectivity index (χ3v) is 15.7. The van der Waals surface area contributed by atoms with Crippen LogP contribution in [-0.2, 0) is 41.5 Å². The maximum atomic E-state index is 13.9. The lowest BCUT2D eigenvalue weighted by atomic mass is 9.83. The standard InChI is InChI=1S/C41H55N7O6S2Si/c1-8-18-48(56(52,53)9-2)35-17-19-46(28-35)34-12-10-11-32(26-34)41(3,4)40(49)44-33-15-13-31(14-16-33)37-27-36-38(45-20-23-55(50,51)24-21-45)42-29-43-39(36)47(37)30-54-22-25-57(5,6)7/h8-16,26-27,29,35H,1-2,17-25,28,30H2,3-7H3,(H,44,49)/t35-/m0/s1. The van der Waals surface area contributed by atoms with Gasteiger partial charge in [0.25, 0.3) is 0 Å². The monoisotopic (exact) mass is 833 g/mol. The van der Waals surface area contributed by atoms with Crippen LogP contribution in [0.2, 0.25) is 25.7 Å². The lowest BCUT2D eigenvalue weighted by Gasteiger charge is -2.28. The number of amides is 1. The van der Waals surface area contributed by atoms with E-state index < -0.39 is 33.3 Å². The Balaban J connectivity index is 1.20. The number of hydrogen-bond donors (Lipinski definition) is 1. The first kappa shape index (κ1) is 42.3. The molecule has 1 amide bonds. The fraction of sp³-hybridized carbons (Fsp3) is 0.439. The molecule has 13 nitrogen and oxygen atoms in total. The molecule has 0 bridgehead atoms. The minimum Gasteiger partial charge on any atom is -0.370 e. The summed E-state index contributed by atoms with van der Waals surface area (Å²) in [7, 11) is -7.99. The van der Waals surface area contributed by atoms with E-state index in [4.69, 9.17) is 4.74 Å². The number of benzene rings is 2. The van der Waals surface area contributed by atoms with E-state index in [1.54, 1.807) is 6.08 Å². The minimum absolute atomic E-state index is 0.0834. The summed E-state index contributed by atoms with van der Waals surface area (Å²) in [5.41, 5.74) is 3.99. The van der Waals surface area contributed by atoms with E-state index in [1.807, 2.05) is 77.9 Å². The number of anilines is 3. The third-order valence-electron chi connectivity index (χ3n) is 10.9. The molecule has 1 N–H and O–H groups in total. The van der Waals surface area contributed by atoms with Crippen LogP contribution in [0.15, 0.2) is 85.6 Å². The van der Waals surface area contributed by atoms with E-state index in [2.05, 4.69) is 53.0 Å². The van der Waals surface area contributed by atoms with Gasteiger partial charge in [-0.05, 0) is 67.8 Å². The quantitative estimate of drug-likeness (QED) is 0.0798. The highest BCUT2D eigenvalue weighted by Crippen LogP contribution is 2.35. The van der Waals surface area contributed by atoms with Crippen LogP contribution in [0.1, 0.15) is 25.8 Å². The van der Waals surface area contributed by atoms with E-state index in [-0.39, 0.29) is 30.0 Å². The summed E-state index contributed by atoms with van der Waals surface area (Å²) in [6.45, 7) is 21.0. The molecule has 4 aromatic rings. The molecule has 2 aliphatic heterocycles. The molecule has 0 spiro atoms. The number of hydrogen-bond acceptors (Lipinski definition) is 10. The van der Waals surface area contributed by atoms with Crippen LogP contribution in [0.5, 0.6) is 0 Å². The van der Waals surface area contributed by atoms with Crippen molar-refractivity contribution in [1.29, 1.82) is 0 Å². The van der Waals surface area contributed by atoms with Crippen LogP contribution in [0.3, 0.4) is 0 Å². The van der Waals surface area contributed by atoms with Crippen molar-refractivity contribution in [2.45, 2.75) is 64.1 Å². The first-order valence-corrected chi connectivity index (χ1v) is 26.4. The Kier molecular flexibility index (Phi) is 12.5.